The lowest BCUT2D eigenvalue weighted by molar-refractivity contribution is 0.0383. The van der Waals surface area contributed by atoms with Crippen molar-refractivity contribution < 1.29 is 9.53 Å². The molecule has 1 fully saturated rings. The van der Waals surface area contributed by atoms with E-state index >= 15 is 0 Å². The molecule has 2 heterocycles. The SMILES string of the molecule is Cc1cc(C(=O)NCCN2CCOCC2)c(C)n1C. The van der Waals surface area contributed by atoms with Gasteiger partial charge in [0.25, 0.3) is 5.91 Å². The fourth-order valence-corrected chi connectivity index (χ4v) is 2.33. The van der Waals surface area contributed by atoms with E-state index in [2.05, 4.69) is 10.2 Å². The molecule has 1 aliphatic heterocycles. The van der Waals surface area contributed by atoms with Gasteiger partial charge in [-0.1, -0.05) is 0 Å². The van der Waals surface area contributed by atoms with E-state index in [0.717, 1.165) is 49.8 Å². The smallest absolute Gasteiger partial charge is 0.253 e. The molecule has 19 heavy (non-hydrogen) atoms. The summed E-state index contributed by atoms with van der Waals surface area (Å²) in [4.78, 5) is 14.4. The van der Waals surface area contributed by atoms with E-state index in [0.29, 0.717) is 6.54 Å². The minimum Gasteiger partial charge on any atom is -0.379 e. The van der Waals surface area contributed by atoms with Crippen molar-refractivity contribution in [1.29, 1.82) is 0 Å². The number of aryl methyl sites for hydroxylation is 1. The monoisotopic (exact) mass is 265 g/mol. The molecule has 1 aromatic heterocycles. The molecule has 1 aliphatic rings. The average Bonchev–Trinajstić information content (AvgIpc) is 2.68. The number of carbonyl (C=O) groups is 1. The van der Waals surface area contributed by atoms with Crippen LogP contribution in [0, 0.1) is 13.8 Å². The molecule has 0 unspecified atom stereocenters. The zero-order chi connectivity index (χ0) is 13.8. The summed E-state index contributed by atoms with van der Waals surface area (Å²) in [7, 11) is 1.98. The van der Waals surface area contributed by atoms with Gasteiger partial charge in [-0.2, -0.15) is 0 Å². The Balaban J connectivity index is 1.82. The van der Waals surface area contributed by atoms with Crippen molar-refractivity contribution >= 4 is 5.91 Å². The van der Waals surface area contributed by atoms with Crippen LogP contribution < -0.4 is 5.32 Å². The van der Waals surface area contributed by atoms with Crippen LogP contribution in [0.3, 0.4) is 0 Å². The van der Waals surface area contributed by atoms with E-state index in [1.165, 1.54) is 0 Å². The van der Waals surface area contributed by atoms with Gasteiger partial charge < -0.3 is 14.6 Å². The van der Waals surface area contributed by atoms with Crippen LogP contribution >= 0.6 is 0 Å². The molecule has 0 atom stereocenters. The first-order valence-corrected chi connectivity index (χ1v) is 6.81. The largest absolute Gasteiger partial charge is 0.379 e. The number of carbonyl (C=O) groups excluding carboxylic acids is 1. The van der Waals surface area contributed by atoms with Crippen LogP contribution in [0.5, 0.6) is 0 Å². The first-order chi connectivity index (χ1) is 9.09. The van der Waals surface area contributed by atoms with E-state index < -0.39 is 0 Å². The standard InChI is InChI=1S/C14H23N3O2/c1-11-10-13(12(2)16(11)3)14(18)15-4-5-17-6-8-19-9-7-17/h10H,4-9H2,1-3H3,(H,15,18). The van der Waals surface area contributed by atoms with Crippen LogP contribution in [0.2, 0.25) is 0 Å². The van der Waals surface area contributed by atoms with Crippen LogP contribution in [-0.4, -0.2) is 54.8 Å². The predicted molar refractivity (Wildman–Crippen MR) is 74.5 cm³/mol. The van der Waals surface area contributed by atoms with E-state index in [-0.39, 0.29) is 5.91 Å². The quantitative estimate of drug-likeness (QED) is 0.872. The highest BCUT2D eigenvalue weighted by Crippen LogP contribution is 2.12. The normalized spacial score (nSPS) is 16.6. The third kappa shape index (κ3) is 3.36. The van der Waals surface area contributed by atoms with Crippen LogP contribution in [-0.2, 0) is 11.8 Å². The van der Waals surface area contributed by atoms with Crippen LogP contribution in [0.25, 0.3) is 0 Å². The number of nitrogens with one attached hydrogen (secondary N) is 1. The fourth-order valence-electron chi connectivity index (χ4n) is 2.33. The van der Waals surface area contributed by atoms with Crippen molar-refractivity contribution in [2.75, 3.05) is 39.4 Å². The molecule has 0 aliphatic carbocycles. The Kier molecular flexibility index (Phi) is 4.61. The summed E-state index contributed by atoms with van der Waals surface area (Å²) in [6.45, 7) is 9.07. The third-order valence-corrected chi connectivity index (χ3v) is 3.84. The number of aromatic nitrogens is 1. The van der Waals surface area contributed by atoms with Gasteiger partial charge >= 0.3 is 0 Å². The molecule has 5 nitrogen and oxygen atoms in total. The number of amides is 1. The van der Waals surface area contributed by atoms with Crippen LogP contribution in [0.4, 0.5) is 0 Å². The Morgan fingerprint density at radius 3 is 2.63 bits per heavy atom. The van der Waals surface area contributed by atoms with E-state index in [9.17, 15) is 4.79 Å². The highest BCUT2D eigenvalue weighted by Gasteiger charge is 2.14. The predicted octanol–water partition coefficient (Wildman–Crippen LogP) is 0.704. The van der Waals surface area contributed by atoms with Gasteiger partial charge in [0, 0.05) is 44.6 Å². The number of rotatable bonds is 4. The first kappa shape index (κ1) is 14.1. The molecule has 106 valence electrons. The second kappa shape index (κ2) is 6.21. The molecule has 2 rings (SSSR count). The minimum atomic E-state index is 0.0226. The molecule has 5 heteroatoms. The second-order valence-corrected chi connectivity index (χ2v) is 5.05. The van der Waals surface area contributed by atoms with Crippen molar-refractivity contribution in [3.63, 3.8) is 0 Å². The van der Waals surface area contributed by atoms with Gasteiger partial charge in [0.2, 0.25) is 0 Å². The Labute approximate surface area is 114 Å². The number of morpholine rings is 1. The Bertz CT molecular complexity index is 448. The summed E-state index contributed by atoms with van der Waals surface area (Å²) in [5.74, 6) is 0.0226. The lowest BCUT2D eigenvalue weighted by atomic mass is 10.2. The fraction of sp³-hybridized carbons (Fsp3) is 0.643. The molecule has 1 saturated heterocycles. The molecule has 0 bridgehead atoms. The van der Waals surface area contributed by atoms with Crippen LogP contribution in [0.1, 0.15) is 21.7 Å². The maximum atomic E-state index is 12.1. The molecule has 0 spiro atoms. The lowest BCUT2D eigenvalue weighted by Gasteiger charge is -2.26. The van der Waals surface area contributed by atoms with Crippen molar-refractivity contribution in [3.8, 4) is 0 Å². The van der Waals surface area contributed by atoms with Gasteiger partial charge in [-0.3, -0.25) is 9.69 Å². The number of nitrogens with zero attached hydrogens (tertiary/aromatic N) is 2. The number of ether oxygens (including phenoxy) is 1. The van der Waals surface area contributed by atoms with E-state index in [1.807, 2.05) is 31.5 Å². The molecular weight excluding hydrogens is 242 g/mol. The zero-order valence-corrected chi connectivity index (χ0v) is 12.0. The maximum absolute atomic E-state index is 12.1. The minimum absolute atomic E-state index is 0.0226. The topological polar surface area (TPSA) is 46.5 Å². The summed E-state index contributed by atoms with van der Waals surface area (Å²) >= 11 is 0. The lowest BCUT2D eigenvalue weighted by Crippen LogP contribution is -2.41. The van der Waals surface area contributed by atoms with Gasteiger partial charge in [-0.15, -0.1) is 0 Å². The van der Waals surface area contributed by atoms with Gasteiger partial charge in [-0.25, -0.2) is 0 Å². The Hall–Kier alpha value is -1.33. The second-order valence-electron chi connectivity index (χ2n) is 5.05. The highest BCUT2D eigenvalue weighted by atomic mass is 16.5. The van der Waals surface area contributed by atoms with Gasteiger partial charge in [0.15, 0.2) is 0 Å². The highest BCUT2D eigenvalue weighted by molar-refractivity contribution is 5.95. The molecule has 1 N–H and O–H groups in total. The van der Waals surface area contributed by atoms with Crippen molar-refractivity contribution in [2.45, 2.75) is 13.8 Å². The summed E-state index contributed by atoms with van der Waals surface area (Å²) in [6.07, 6.45) is 0. The molecule has 1 amide bonds. The van der Waals surface area contributed by atoms with Crippen LogP contribution in [0.15, 0.2) is 6.07 Å². The van der Waals surface area contributed by atoms with Crippen molar-refractivity contribution in [1.82, 2.24) is 14.8 Å². The Morgan fingerprint density at radius 1 is 1.37 bits per heavy atom. The maximum Gasteiger partial charge on any atom is 0.253 e. The van der Waals surface area contributed by atoms with Crippen molar-refractivity contribution in [3.05, 3.63) is 23.0 Å². The molecule has 0 radical (unpaired) electrons. The molecule has 1 aromatic rings. The molecule has 0 aromatic carbocycles. The summed E-state index contributed by atoms with van der Waals surface area (Å²) in [5.41, 5.74) is 2.90. The Morgan fingerprint density at radius 2 is 2.05 bits per heavy atom. The molecule has 0 saturated carbocycles. The third-order valence-electron chi connectivity index (χ3n) is 3.84. The van der Waals surface area contributed by atoms with E-state index in [1.54, 1.807) is 0 Å². The summed E-state index contributed by atoms with van der Waals surface area (Å²) in [6, 6.07) is 1.94. The van der Waals surface area contributed by atoms with Gasteiger partial charge in [0.1, 0.15) is 0 Å². The summed E-state index contributed by atoms with van der Waals surface area (Å²) < 4.78 is 7.33. The first-order valence-electron chi connectivity index (χ1n) is 6.81. The molecular formula is C14H23N3O2. The summed E-state index contributed by atoms with van der Waals surface area (Å²) in [5, 5.41) is 2.99. The number of hydrogen-bond acceptors (Lipinski definition) is 3. The number of hydrogen-bond donors (Lipinski definition) is 1. The van der Waals surface area contributed by atoms with E-state index in [4.69, 9.17) is 4.74 Å². The van der Waals surface area contributed by atoms with Gasteiger partial charge in [-0.05, 0) is 19.9 Å². The zero-order valence-electron chi connectivity index (χ0n) is 12.0. The average molecular weight is 265 g/mol. The van der Waals surface area contributed by atoms with Gasteiger partial charge in [0.05, 0.1) is 18.8 Å². The van der Waals surface area contributed by atoms with Crippen molar-refractivity contribution in [2.24, 2.45) is 7.05 Å².